The lowest BCUT2D eigenvalue weighted by Gasteiger charge is -1.98. The number of halogens is 1. The molecular formula is C13H8BrN3O. The van der Waals surface area contributed by atoms with Crippen LogP contribution in [0, 0.1) is 0 Å². The third kappa shape index (κ3) is 1.82. The first-order valence-electron chi connectivity index (χ1n) is 5.34. The Morgan fingerprint density at radius 3 is 2.89 bits per heavy atom. The normalized spacial score (nSPS) is 10.7. The maximum absolute atomic E-state index is 12.3. The molecule has 0 bridgehead atoms. The van der Waals surface area contributed by atoms with Crippen LogP contribution in [0.5, 0.6) is 0 Å². The Hall–Kier alpha value is -2.01. The van der Waals surface area contributed by atoms with Gasteiger partial charge in [-0.2, -0.15) is 0 Å². The van der Waals surface area contributed by atoms with E-state index in [1.165, 1.54) is 6.20 Å². The summed E-state index contributed by atoms with van der Waals surface area (Å²) >= 11 is 3.21. The highest BCUT2D eigenvalue weighted by Gasteiger charge is 2.15. The van der Waals surface area contributed by atoms with Gasteiger partial charge in [0, 0.05) is 22.7 Å². The molecule has 0 radical (unpaired) electrons. The number of benzene rings is 1. The number of rotatable bonds is 2. The third-order valence-corrected chi connectivity index (χ3v) is 3.05. The topological polar surface area (TPSA) is 58.6 Å². The number of nitrogens with zero attached hydrogens (tertiary/aromatic N) is 2. The summed E-state index contributed by atoms with van der Waals surface area (Å²) in [4.78, 5) is 23.5. The number of aromatic nitrogens is 3. The van der Waals surface area contributed by atoms with Crippen molar-refractivity contribution in [2.75, 3.05) is 0 Å². The number of fused-ring (bicyclic) bond motifs is 1. The minimum atomic E-state index is -0.138. The van der Waals surface area contributed by atoms with Gasteiger partial charge in [-0.25, -0.2) is 4.98 Å². The van der Waals surface area contributed by atoms with Crippen LogP contribution in [0.4, 0.5) is 0 Å². The Kier molecular flexibility index (Phi) is 2.68. The van der Waals surface area contributed by atoms with Gasteiger partial charge in [0.25, 0.3) is 0 Å². The Labute approximate surface area is 111 Å². The van der Waals surface area contributed by atoms with Crippen LogP contribution in [0.1, 0.15) is 16.1 Å². The van der Waals surface area contributed by atoms with E-state index in [-0.39, 0.29) is 5.78 Å². The molecule has 0 spiro atoms. The Morgan fingerprint density at radius 2 is 2.06 bits per heavy atom. The smallest absolute Gasteiger partial charge is 0.215 e. The molecule has 3 aromatic rings. The molecule has 0 saturated heterocycles. The molecule has 3 rings (SSSR count). The van der Waals surface area contributed by atoms with E-state index in [0.29, 0.717) is 15.9 Å². The van der Waals surface area contributed by atoms with Crippen molar-refractivity contribution < 1.29 is 4.79 Å². The van der Waals surface area contributed by atoms with Crippen LogP contribution in [0.2, 0.25) is 0 Å². The molecule has 0 aliphatic heterocycles. The second-order valence-corrected chi connectivity index (χ2v) is 4.62. The van der Waals surface area contributed by atoms with Gasteiger partial charge in [0.05, 0.1) is 12.4 Å². The summed E-state index contributed by atoms with van der Waals surface area (Å²) in [6.45, 7) is 0. The van der Waals surface area contributed by atoms with Gasteiger partial charge in [0.2, 0.25) is 5.78 Å². The van der Waals surface area contributed by atoms with E-state index in [2.05, 4.69) is 30.9 Å². The number of ketones is 1. The number of hydrogen-bond donors (Lipinski definition) is 1. The zero-order valence-corrected chi connectivity index (χ0v) is 10.8. The Bertz CT molecular complexity index is 736. The molecule has 0 atom stereocenters. The predicted molar refractivity (Wildman–Crippen MR) is 71.5 cm³/mol. The second-order valence-electron chi connectivity index (χ2n) is 3.80. The van der Waals surface area contributed by atoms with Crippen LogP contribution in [-0.2, 0) is 0 Å². The number of para-hydroxylation sites is 1. The van der Waals surface area contributed by atoms with Crippen LogP contribution in [-0.4, -0.2) is 20.7 Å². The fourth-order valence-corrected chi connectivity index (χ4v) is 2.16. The highest BCUT2D eigenvalue weighted by molar-refractivity contribution is 9.10. The van der Waals surface area contributed by atoms with E-state index in [9.17, 15) is 4.79 Å². The van der Waals surface area contributed by atoms with Crippen molar-refractivity contribution in [1.29, 1.82) is 0 Å². The van der Waals surface area contributed by atoms with Crippen LogP contribution in [0.25, 0.3) is 10.9 Å². The molecule has 0 unspecified atom stereocenters. The van der Waals surface area contributed by atoms with Crippen molar-refractivity contribution in [3.05, 3.63) is 58.7 Å². The van der Waals surface area contributed by atoms with E-state index >= 15 is 0 Å². The number of aromatic amines is 1. The molecule has 5 heteroatoms. The average molecular weight is 302 g/mol. The van der Waals surface area contributed by atoms with E-state index in [1.54, 1.807) is 12.4 Å². The number of carbonyl (C=O) groups is 1. The van der Waals surface area contributed by atoms with Gasteiger partial charge in [-0.3, -0.25) is 9.78 Å². The Balaban J connectivity index is 2.12. The van der Waals surface area contributed by atoms with Crippen molar-refractivity contribution >= 4 is 32.6 Å². The van der Waals surface area contributed by atoms with E-state index in [4.69, 9.17) is 0 Å². The third-order valence-electron chi connectivity index (χ3n) is 2.67. The van der Waals surface area contributed by atoms with Crippen molar-refractivity contribution in [2.45, 2.75) is 0 Å². The predicted octanol–water partition coefficient (Wildman–Crippen LogP) is 2.95. The van der Waals surface area contributed by atoms with Crippen molar-refractivity contribution in [2.24, 2.45) is 0 Å². The van der Waals surface area contributed by atoms with Crippen LogP contribution < -0.4 is 0 Å². The van der Waals surface area contributed by atoms with Crippen LogP contribution >= 0.6 is 15.9 Å². The van der Waals surface area contributed by atoms with Gasteiger partial charge in [0.15, 0.2) is 0 Å². The summed E-state index contributed by atoms with van der Waals surface area (Å²) in [5, 5.41) is 0.893. The van der Waals surface area contributed by atoms with Crippen molar-refractivity contribution in [3.63, 3.8) is 0 Å². The number of carbonyl (C=O) groups excluding carboxylic acids is 1. The minimum absolute atomic E-state index is 0.138. The molecule has 0 aliphatic carbocycles. The molecular weight excluding hydrogens is 294 g/mol. The molecule has 1 N–H and O–H groups in total. The molecule has 0 amide bonds. The molecule has 2 aromatic heterocycles. The number of hydrogen-bond acceptors (Lipinski definition) is 3. The maximum Gasteiger partial charge on any atom is 0.215 e. The molecule has 18 heavy (non-hydrogen) atoms. The van der Waals surface area contributed by atoms with Gasteiger partial charge >= 0.3 is 0 Å². The van der Waals surface area contributed by atoms with E-state index in [1.807, 2.05) is 24.3 Å². The lowest BCUT2D eigenvalue weighted by atomic mass is 10.1. The first-order valence-corrected chi connectivity index (χ1v) is 6.13. The fraction of sp³-hybridized carbons (Fsp3) is 0. The molecule has 0 saturated carbocycles. The number of H-pyrrole nitrogens is 1. The van der Waals surface area contributed by atoms with Gasteiger partial charge in [0.1, 0.15) is 10.3 Å². The summed E-state index contributed by atoms with van der Waals surface area (Å²) in [6, 6.07) is 7.66. The van der Waals surface area contributed by atoms with Gasteiger partial charge in [-0.1, -0.05) is 18.2 Å². The zero-order valence-electron chi connectivity index (χ0n) is 9.22. The summed E-state index contributed by atoms with van der Waals surface area (Å²) in [5.74, 6) is -0.138. The Morgan fingerprint density at radius 1 is 1.22 bits per heavy atom. The van der Waals surface area contributed by atoms with Crippen molar-refractivity contribution in [3.8, 4) is 0 Å². The molecule has 0 fully saturated rings. The van der Waals surface area contributed by atoms with E-state index < -0.39 is 0 Å². The quantitative estimate of drug-likeness (QED) is 0.740. The van der Waals surface area contributed by atoms with Gasteiger partial charge in [-0.15, -0.1) is 0 Å². The lowest BCUT2D eigenvalue weighted by molar-refractivity contribution is 0.103. The summed E-state index contributed by atoms with van der Waals surface area (Å²) < 4.78 is 0.549. The monoisotopic (exact) mass is 301 g/mol. The molecule has 88 valence electrons. The van der Waals surface area contributed by atoms with E-state index in [0.717, 1.165) is 10.9 Å². The molecule has 2 heterocycles. The summed E-state index contributed by atoms with van der Waals surface area (Å²) in [6.07, 6.45) is 4.72. The average Bonchev–Trinajstić information content (AvgIpc) is 2.82. The second kappa shape index (κ2) is 4.34. The minimum Gasteiger partial charge on any atom is -0.360 e. The molecule has 0 aliphatic rings. The fourth-order valence-electron chi connectivity index (χ4n) is 1.85. The highest BCUT2D eigenvalue weighted by Crippen LogP contribution is 2.20. The molecule has 1 aromatic carbocycles. The lowest BCUT2D eigenvalue weighted by Crippen LogP contribution is -2.04. The molecule has 4 nitrogen and oxygen atoms in total. The maximum atomic E-state index is 12.3. The highest BCUT2D eigenvalue weighted by atomic mass is 79.9. The largest absolute Gasteiger partial charge is 0.360 e. The first kappa shape index (κ1) is 11.1. The SMILES string of the molecule is O=C(c1cncc(Br)n1)c1c[nH]c2ccccc12. The summed E-state index contributed by atoms with van der Waals surface area (Å²) in [5.41, 5.74) is 1.87. The summed E-state index contributed by atoms with van der Waals surface area (Å²) in [7, 11) is 0. The van der Waals surface area contributed by atoms with Gasteiger partial charge in [-0.05, 0) is 22.0 Å². The number of nitrogens with one attached hydrogen (secondary N) is 1. The van der Waals surface area contributed by atoms with Gasteiger partial charge < -0.3 is 4.98 Å². The zero-order chi connectivity index (χ0) is 12.5. The van der Waals surface area contributed by atoms with Crippen molar-refractivity contribution in [1.82, 2.24) is 15.0 Å². The first-order chi connectivity index (χ1) is 8.75. The standard InChI is InChI=1S/C13H8BrN3O/c14-12-7-15-6-11(17-12)13(18)9-5-16-10-4-2-1-3-8(9)10/h1-7,16H. The van der Waals surface area contributed by atoms with Crippen LogP contribution in [0.15, 0.2) is 47.5 Å². The van der Waals surface area contributed by atoms with Crippen LogP contribution in [0.3, 0.4) is 0 Å².